The lowest BCUT2D eigenvalue weighted by molar-refractivity contribution is 0.0946. The molecule has 0 aliphatic heterocycles. The van der Waals surface area contributed by atoms with Gasteiger partial charge in [-0.15, -0.1) is 5.10 Å². The lowest BCUT2D eigenvalue weighted by Gasteiger charge is -2.02. The molecule has 134 valence electrons. The highest BCUT2D eigenvalue weighted by Gasteiger charge is 2.24. The van der Waals surface area contributed by atoms with Gasteiger partial charge in [-0.1, -0.05) is 23.3 Å². The van der Waals surface area contributed by atoms with Crippen molar-refractivity contribution in [3.63, 3.8) is 0 Å². The molecule has 10 heteroatoms. The summed E-state index contributed by atoms with van der Waals surface area (Å²) in [5.74, 6) is -1.73. The van der Waals surface area contributed by atoms with E-state index in [0.29, 0.717) is 5.56 Å². The van der Waals surface area contributed by atoms with Crippen LogP contribution in [0.15, 0.2) is 58.4 Å². The third-order valence-electron chi connectivity index (χ3n) is 3.36. The molecule has 0 saturated heterocycles. The van der Waals surface area contributed by atoms with Crippen LogP contribution in [0.4, 0.5) is 4.39 Å². The van der Waals surface area contributed by atoms with Gasteiger partial charge in [0.1, 0.15) is 5.82 Å². The average molecular weight is 376 g/mol. The molecule has 0 aliphatic carbocycles. The number of halogens is 1. The Morgan fingerprint density at radius 2 is 1.85 bits per heavy atom. The Balaban J connectivity index is 1.67. The maximum Gasteiger partial charge on any atom is 0.335 e. The maximum atomic E-state index is 13.6. The molecule has 1 aromatic carbocycles. The van der Waals surface area contributed by atoms with Gasteiger partial charge in [-0.2, -0.15) is 0 Å². The first kappa shape index (κ1) is 17.7. The number of benzene rings is 1. The fourth-order valence-corrected chi connectivity index (χ4v) is 3.23. The molecule has 0 spiro atoms. The van der Waals surface area contributed by atoms with Crippen LogP contribution in [0.3, 0.4) is 0 Å². The van der Waals surface area contributed by atoms with Crippen molar-refractivity contribution in [1.29, 1.82) is 0 Å². The molecule has 0 radical (unpaired) electrons. The van der Waals surface area contributed by atoms with Crippen LogP contribution in [0.5, 0.6) is 0 Å². The van der Waals surface area contributed by atoms with Crippen molar-refractivity contribution in [3.8, 4) is 0 Å². The molecule has 1 N–H and O–H groups in total. The summed E-state index contributed by atoms with van der Waals surface area (Å²) in [6, 6.07) is 8.56. The Kier molecular flexibility index (Phi) is 5.03. The van der Waals surface area contributed by atoms with Crippen molar-refractivity contribution in [2.24, 2.45) is 0 Å². The third-order valence-corrected chi connectivity index (χ3v) is 4.75. The van der Waals surface area contributed by atoms with Crippen LogP contribution in [-0.2, 0) is 22.1 Å². The van der Waals surface area contributed by atoms with Crippen molar-refractivity contribution in [1.82, 2.24) is 20.5 Å². The van der Waals surface area contributed by atoms with Crippen molar-refractivity contribution < 1.29 is 22.0 Å². The second-order valence-corrected chi connectivity index (χ2v) is 7.10. The SMILES string of the molecule is O=C(NCc1nnc(S(=O)(=O)Cc2ccccc2F)o1)c1ccncc1. The molecule has 3 rings (SSSR count). The van der Waals surface area contributed by atoms with E-state index in [1.54, 1.807) is 0 Å². The molecular weight excluding hydrogens is 363 g/mol. The molecule has 0 aliphatic rings. The van der Waals surface area contributed by atoms with Crippen molar-refractivity contribution >= 4 is 15.7 Å². The van der Waals surface area contributed by atoms with Gasteiger partial charge in [0.15, 0.2) is 0 Å². The van der Waals surface area contributed by atoms with Crippen LogP contribution >= 0.6 is 0 Å². The van der Waals surface area contributed by atoms with Crippen LogP contribution in [0.1, 0.15) is 21.8 Å². The van der Waals surface area contributed by atoms with Crippen LogP contribution in [0, 0.1) is 5.82 Å². The summed E-state index contributed by atoms with van der Waals surface area (Å²) in [4.78, 5) is 15.7. The number of carbonyl (C=O) groups excluding carboxylic acids is 1. The van der Waals surface area contributed by atoms with Crippen molar-refractivity contribution in [2.75, 3.05) is 0 Å². The summed E-state index contributed by atoms with van der Waals surface area (Å²) in [5.41, 5.74) is 0.380. The second-order valence-electron chi connectivity index (χ2n) is 5.23. The zero-order chi connectivity index (χ0) is 18.6. The topological polar surface area (TPSA) is 115 Å². The number of nitrogens with one attached hydrogen (secondary N) is 1. The first-order valence-electron chi connectivity index (χ1n) is 7.42. The maximum absolute atomic E-state index is 13.6. The van der Waals surface area contributed by atoms with Gasteiger partial charge in [-0.05, 0) is 18.2 Å². The van der Waals surface area contributed by atoms with Crippen LogP contribution in [-0.4, -0.2) is 29.5 Å². The fourth-order valence-electron chi connectivity index (χ4n) is 2.08. The van der Waals surface area contributed by atoms with Crippen molar-refractivity contribution in [3.05, 3.63) is 71.6 Å². The van der Waals surface area contributed by atoms with E-state index in [2.05, 4.69) is 20.5 Å². The van der Waals surface area contributed by atoms with Crippen LogP contribution < -0.4 is 5.32 Å². The van der Waals surface area contributed by atoms with Crippen molar-refractivity contribution in [2.45, 2.75) is 17.5 Å². The first-order chi connectivity index (χ1) is 12.5. The number of hydrogen-bond acceptors (Lipinski definition) is 7. The smallest absolute Gasteiger partial charge is 0.335 e. The van der Waals surface area contributed by atoms with Gasteiger partial charge in [0.05, 0.1) is 12.3 Å². The predicted octanol–water partition coefficient (Wildman–Crippen LogP) is 1.51. The minimum Gasteiger partial charge on any atom is -0.411 e. The second kappa shape index (κ2) is 7.40. The van der Waals surface area contributed by atoms with E-state index in [9.17, 15) is 17.6 Å². The van der Waals surface area contributed by atoms with E-state index >= 15 is 0 Å². The van der Waals surface area contributed by atoms with E-state index in [-0.39, 0.29) is 18.0 Å². The van der Waals surface area contributed by atoms with Gasteiger partial charge in [-0.25, -0.2) is 12.8 Å². The van der Waals surface area contributed by atoms with Gasteiger partial charge in [0, 0.05) is 23.5 Å². The number of pyridine rings is 1. The largest absolute Gasteiger partial charge is 0.411 e. The number of carbonyl (C=O) groups is 1. The number of hydrogen-bond donors (Lipinski definition) is 1. The van der Waals surface area contributed by atoms with E-state index in [1.807, 2.05) is 0 Å². The normalized spacial score (nSPS) is 11.3. The Bertz CT molecular complexity index is 1020. The Morgan fingerprint density at radius 1 is 1.12 bits per heavy atom. The summed E-state index contributed by atoms with van der Waals surface area (Å²) in [6.45, 7) is -0.149. The number of amides is 1. The van der Waals surface area contributed by atoms with E-state index in [4.69, 9.17) is 4.42 Å². The monoisotopic (exact) mass is 376 g/mol. The molecule has 0 atom stereocenters. The van der Waals surface area contributed by atoms with Gasteiger partial charge in [-0.3, -0.25) is 9.78 Å². The predicted molar refractivity (Wildman–Crippen MR) is 87.0 cm³/mol. The van der Waals surface area contributed by atoms with Gasteiger partial charge >= 0.3 is 5.22 Å². The molecule has 0 fully saturated rings. The van der Waals surface area contributed by atoms with Gasteiger partial charge < -0.3 is 9.73 Å². The molecule has 8 nitrogen and oxygen atoms in total. The summed E-state index contributed by atoms with van der Waals surface area (Å²) < 4.78 is 43.3. The number of nitrogens with zero attached hydrogens (tertiary/aromatic N) is 3. The standard InChI is InChI=1S/C16H13FN4O4S/c17-13-4-2-1-3-12(13)10-26(23,24)16-21-20-14(25-16)9-19-15(22)11-5-7-18-8-6-11/h1-8H,9-10H2,(H,19,22). The number of sulfone groups is 1. The first-order valence-corrected chi connectivity index (χ1v) is 9.08. The van der Waals surface area contributed by atoms with Crippen LogP contribution in [0.25, 0.3) is 0 Å². The molecule has 0 unspecified atom stereocenters. The Hall–Kier alpha value is -3.14. The highest BCUT2D eigenvalue weighted by Crippen LogP contribution is 2.17. The number of aromatic nitrogens is 3. The highest BCUT2D eigenvalue weighted by molar-refractivity contribution is 7.90. The molecule has 2 aromatic heterocycles. The fraction of sp³-hybridized carbons (Fsp3) is 0.125. The summed E-state index contributed by atoms with van der Waals surface area (Å²) >= 11 is 0. The lowest BCUT2D eigenvalue weighted by atomic mass is 10.2. The average Bonchev–Trinajstić information content (AvgIpc) is 3.12. The molecule has 3 aromatic rings. The molecule has 0 bridgehead atoms. The Labute approximate surface area is 148 Å². The molecular formula is C16H13FN4O4S. The zero-order valence-electron chi connectivity index (χ0n) is 13.3. The van der Waals surface area contributed by atoms with E-state index < -0.39 is 32.5 Å². The quantitative estimate of drug-likeness (QED) is 0.693. The number of rotatable bonds is 6. The van der Waals surface area contributed by atoms with E-state index in [1.165, 1.54) is 48.8 Å². The van der Waals surface area contributed by atoms with Gasteiger partial charge in [0.2, 0.25) is 15.7 Å². The highest BCUT2D eigenvalue weighted by atomic mass is 32.2. The summed E-state index contributed by atoms with van der Waals surface area (Å²) in [7, 11) is -4.01. The summed E-state index contributed by atoms with van der Waals surface area (Å²) in [6.07, 6.45) is 2.93. The minimum atomic E-state index is -4.01. The molecule has 26 heavy (non-hydrogen) atoms. The van der Waals surface area contributed by atoms with Crippen LogP contribution in [0.2, 0.25) is 0 Å². The van der Waals surface area contributed by atoms with E-state index in [0.717, 1.165) is 0 Å². The zero-order valence-corrected chi connectivity index (χ0v) is 14.1. The molecule has 1 amide bonds. The van der Waals surface area contributed by atoms with Gasteiger partial charge in [0.25, 0.3) is 5.91 Å². The molecule has 2 heterocycles. The lowest BCUT2D eigenvalue weighted by Crippen LogP contribution is -2.22. The Morgan fingerprint density at radius 3 is 2.58 bits per heavy atom. The molecule has 0 saturated carbocycles. The third kappa shape index (κ3) is 4.09. The summed E-state index contributed by atoms with van der Waals surface area (Å²) in [5, 5.41) is 8.96. The minimum absolute atomic E-state index is 0.00163.